The van der Waals surface area contributed by atoms with Crippen LogP contribution in [-0.4, -0.2) is 39.6 Å². The van der Waals surface area contributed by atoms with Crippen LogP contribution in [0.25, 0.3) is 0 Å². The molecule has 4 rings (SSSR count). The van der Waals surface area contributed by atoms with E-state index in [0.717, 1.165) is 5.56 Å². The highest BCUT2D eigenvalue weighted by Crippen LogP contribution is 2.37. The Morgan fingerprint density at radius 3 is 2.35 bits per heavy atom. The highest BCUT2D eigenvalue weighted by molar-refractivity contribution is 7.92. The first kappa shape index (κ1) is 23.6. The molecule has 1 amide bonds. The van der Waals surface area contributed by atoms with Crippen molar-refractivity contribution in [3.63, 3.8) is 0 Å². The van der Waals surface area contributed by atoms with E-state index in [-0.39, 0.29) is 17.3 Å². The number of sulfonamides is 1. The van der Waals surface area contributed by atoms with Crippen molar-refractivity contribution in [2.24, 2.45) is 0 Å². The number of carbonyl (C=O) groups excluding carboxylic acids is 1. The molecule has 0 unspecified atom stereocenters. The van der Waals surface area contributed by atoms with Gasteiger partial charge in [-0.25, -0.2) is 8.42 Å². The van der Waals surface area contributed by atoms with E-state index in [2.05, 4.69) is 5.32 Å². The van der Waals surface area contributed by atoms with Gasteiger partial charge < -0.3 is 14.8 Å². The maximum Gasteiger partial charge on any atom is 0.264 e. The highest BCUT2D eigenvalue weighted by Gasteiger charge is 2.38. The highest BCUT2D eigenvalue weighted by atomic mass is 32.2. The number of carbonyl (C=O) groups is 1. The molecule has 8 heteroatoms. The molecule has 0 spiro atoms. The standard InChI is InChI=1S/C26H28N2O5S/c1-26(2,17-19-9-5-4-6-10-19)27-25(29)24-18-28(22-11-7-8-12-23(22)33-24)34(30,31)21-15-13-20(32-3)14-16-21/h4-16,24H,17-18H2,1-3H3,(H,27,29)/t24-/m1/s1. The Kier molecular flexibility index (Phi) is 6.52. The van der Waals surface area contributed by atoms with Gasteiger partial charge in [-0.15, -0.1) is 0 Å². The first-order valence-electron chi connectivity index (χ1n) is 11.0. The van der Waals surface area contributed by atoms with Crippen molar-refractivity contribution in [1.29, 1.82) is 0 Å². The van der Waals surface area contributed by atoms with Crippen LogP contribution in [0.5, 0.6) is 11.5 Å². The number of benzene rings is 3. The fourth-order valence-corrected chi connectivity index (χ4v) is 5.48. The van der Waals surface area contributed by atoms with Crippen molar-refractivity contribution < 1.29 is 22.7 Å². The Morgan fingerprint density at radius 1 is 1.03 bits per heavy atom. The number of para-hydroxylation sites is 2. The van der Waals surface area contributed by atoms with Crippen molar-refractivity contribution in [2.45, 2.75) is 36.8 Å². The molecule has 1 N–H and O–H groups in total. The van der Waals surface area contributed by atoms with E-state index >= 15 is 0 Å². The topological polar surface area (TPSA) is 84.9 Å². The predicted molar refractivity (Wildman–Crippen MR) is 131 cm³/mol. The summed E-state index contributed by atoms with van der Waals surface area (Å²) in [5.41, 5.74) is 0.927. The maximum absolute atomic E-state index is 13.5. The Labute approximate surface area is 200 Å². The molecule has 0 bridgehead atoms. The van der Waals surface area contributed by atoms with Crippen LogP contribution in [0, 0.1) is 0 Å². The van der Waals surface area contributed by atoms with E-state index in [4.69, 9.17) is 9.47 Å². The van der Waals surface area contributed by atoms with E-state index in [0.29, 0.717) is 23.6 Å². The first-order valence-corrected chi connectivity index (χ1v) is 12.4. The fraction of sp³-hybridized carbons (Fsp3) is 0.269. The number of hydrogen-bond donors (Lipinski definition) is 1. The van der Waals surface area contributed by atoms with Crippen LogP contribution < -0.4 is 19.1 Å². The second kappa shape index (κ2) is 9.38. The van der Waals surface area contributed by atoms with Gasteiger partial charge in [-0.3, -0.25) is 9.10 Å². The van der Waals surface area contributed by atoms with E-state index in [1.165, 1.54) is 23.5 Å². The van der Waals surface area contributed by atoms with Crippen LogP contribution in [0.1, 0.15) is 19.4 Å². The molecule has 3 aromatic carbocycles. The lowest BCUT2D eigenvalue weighted by Crippen LogP contribution is -2.55. The second-order valence-corrected chi connectivity index (χ2v) is 10.7. The molecule has 0 saturated carbocycles. The quantitative estimate of drug-likeness (QED) is 0.556. The van der Waals surface area contributed by atoms with Crippen LogP contribution in [0.4, 0.5) is 5.69 Å². The zero-order valence-corrected chi connectivity index (χ0v) is 20.2. The molecule has 1 aliphatic heterocycles. The number of anilines is 1. The Morgan fingerprint density at radius 2 is 1.68 bits per heavy atom. The third kappa shape index (κ3) is 5.02. The number of nitrogens with one attached hydrogen (secondary N) is 1. The van der Waals surface area contributed by atoms with E-state index in [1.807, 2.05) is 44.2 Å². The first-order chi connectivity index (χ1) is 16.2. The summed E-state index contributed by atoms with van der Waals surface area (Å²) in [6, 6.07) is 22.9. The van der Waals surface area contributed by atoms with Gasteiger partial charge in [-0.2, -0.15) is 0 Å². The number of methoxy groups -OCH3 is 1. The Hall–Kier alpha value is -3.52. The third-order valence-corrected chi connectivity index (χ3v) is 7.42. The monoisotopic (exact) mass is 480 g/mol. The summed E-state index contributed by atoms with van der Waals surface area (Å²) in [4.78, 5) is 13.3. The minimum atomic E-state index is -3.94. The average Bonchev–Trinajstić information content (AvgIpc) is 2.83. The van der Waals surface area contributed by atoms with Crippen molar-refractivity contribution in [3.8, 4) is 11.5 Å². The molecule has 1 aliphatic rings. The number of fused-ring (bicyclic) bond motifs is 1. The summed E-state index contributed by atoms with van der Waals surface area (Å²) >= 11 is 0. The number of nitrogens with zero attached hydrogens (tertiary/aromatic N) is 1. The van der Waals surface area contributed by atoms with Crippen molar-refractivity contribution >= 4 is 21.6 Å². The van der Waals surface area contributed by atoms with Crippen molar-refractivity contribution in [1.82, 2.24) is 5.32 Å². The minimum Gasteiger partial charge on any atom is -0.497 e. The summed E-state index contributed by atoms with van der Waals surface area (Å²) in [5, 5.41) is 3.03. The van der Waals surface area contributed by atoms with Crippen molar-refractivity contribution in [3.05, 3.63) is 84.4 Å². The van der Waals surface area contributed by atoms with Gasteiger partial charge >= 0.3 is 0 Å². The van der Waals surface area contributed by atoms with E-state index in [1.54, 1.807) is 36.4 Å². The van der Waals surface area contributed by atoms with E-state index in [9.17, 15) is 13.2 Å². The van der Waals surface area contributed by atoms with Crippen LogP contribution >= 0.6 is 0 Å². The molecule has 34 heavy (non-hydrogen) atoms. The molecule has 7 nitrogen and oxygen atoms in total. The zero-order valence-electron chi connectivity index (χ0n) is 19.4. The van der Waals surface area contributed by atoms with Gasteiger partial charge in [0.05, 0.1) is 24.2 Å². The third-order valence-electron chi connectivity index (χ3n) is 5.63. The smallest absolute Gasteiger partial charge is 0.264 e. The fourth-order valence-electron chi connectivity index (χ4n) is 4.01. The van der Waals surface area contributed by atoms with Crippen LogP contribution in [0.2, 0.25) is 0 Å². The predicted octanol–water partition coefficient (Wildman–Crippen LogP) is 3.79. The summed E-state index contributed by atoms with van der Waals surface area (Å²) in [6.07, 6.45) is -0.380. The number of ether oxygens (including phenoxy) is 2. The van der Waals surface area contributed by atoms with Gasteiger partial charge in [0.25, 0.3) is 15.9 Å². The molecule has 0 aliphatic carbocycles. The lowest BCUT2D eigenvalue weighted by molar-refractivity contribution is -0.129. The lowest BCUT2D eigenvalue weighted by Gasteiger charge is -2.36. The Balaban J connectivity index is 1.59. The van der Waals surface area contributed by atoms with Gasteiger partial charge in [0.1, 0.15) is 11.5 Å². The number of hydrogen-bond acceptors (Lipinski definition) is 5. The Bertz CT molecular complexity index is 1260. The van der Waals surface area contributed by atoms with Gasteiger partial charge in [-0.1, -0.05) is 42.5 Å². The van der Waals surface area contributed by atoms with Gasteiger partial charge in [0.2, 0.25) is 0 Å². The lowest BCUT2D eigenvalue weighted by atomic mass is 9.94. The normalized spacial score (nSPS) is 15.7. The van der Waals surface area contributed by atoms with Crippen LogP contribution in [-0.2, 0) is 21.2 Å². The van der Waals surface area contributed by atoms with Crippen LogP contribution in [0.3, 0.4) is 0 Å². The maximum atomic E-state index is 13.5. The summed E-state index contributed by atoms with van der Waals surface area (Å²) in [7, 11) is -2.42. The number of rotatable bonds is 7. The zero-order chi connectivity index (χ0) is 24.3. The molecule has 0 radical (unpaired) electrons. The number of amides is 1. The van der Waals surface area contributed by atoms with E-state index < -0.39 is 21.7 Å². The second-order valence-electron chi connectivity index (χ2n) is 8.82. The van der Waals surface area contributed by atoms with Gasteiger partial charge in [-0.05, 0) is 62.2 Å². The molecule has 1 atom stereocenters. The molecular weight excluding hydrogens is 452 g/mol. The molecule has 178 valence electrons. The molecule has 0 saturated heterocycles. The molecule has 0 aromatic heterocycles. The van der Waals surface area contributed by atoms with Gasteiger partial charge in [0, 0.05) is 5.54 Å². The SMILES string of the molecule is COc1ccc(S(=O)(=O)N2C[C@H](C(=O)NC(C)(C)Cc3ccccc3)Oc3ccccc32)cc1. The summed E-state index contributed by atoms with van der Waals surface area (Å²) in [6.45, 7) is 3.72. The molecular formula is C26H28N2O5S. The largest absolute Gasteiger partial charge is 0.497 e. The molecule has 0 fully saturated rings. The minimum absolute atomic E-state index is 0.105. The van der Waals surface area contributed by atoms with Crippen molar-refractivity contribution in [2.75, 3.05) is 18.0 Å². The molecule has 3 aromatic rings. The molecule has 1 heterocycles. The average molecular weight is 481 g/mol. The van der Waals surface area contributed by atoms with Gasteiger partial charge in [0.15, 0.2) is 6.10 Å². The van der Waals surface area contributed by atoms with Crippen LogP contribution in [0.15, 0.2) is 83.8 Å². The summed E-state index contributed by atoms with van der Waals surface area (Å²) < 4.78 is 39.4. The summed E-state index contributed by atoms with van der Waals surface area (Å²) in [5.74, 6) is 0.524.